The van der Waals surface area contributed by atoms with Gasteiger partial charge in [-0.25, -0.2) is 0 Å². The molecule has 0 spiro atoms. The summed E-state index contributed by atoms with van der Waals surface area (Å²) in [6, 6.07) is 20.9. The van der Waals surface area contributed by atoms with Crippen LogP contribution < -0.4 is 10.6 Å². The second-order valence-electron chi connectivity index (χ2n) is 5.33. The largest absolute Gasteiger partial charge is 0.365 e. The molecule has 0 radical (unpaired) electrons. The van der Waals surface area contributed by atoms with Crippen LogP contribution in [0.5, 0.6) is 0 Å². The van der Waals surface area contributed by atoms with Crippen LogP contribution in [0.25, 0.3) is 0 Å². The molecule has 110 valence electrons. The van der Waals surface area contributed by atoms with E-state index < -0.39 is 0 Å². The molecular weight excluding hydrogens is 312 g/mol. The topological polar surface area (TPSA) is 24.1 Å². The second-order valence-corrected chi connectivity index (χ2v) is 6.75. The summed E-state index contributed by atoms with van der Waals surface area (Å²) < 4.78 is 0. The molecule has 1 aliphatic rings. The molecule has 0 unspecified atom stereocenters. The first-order valence-electron chi connectivity index (χ1n) is 7.21. The van der Waals surface area contributed by atoms with Gasteiger partial charge in [-0.2, -0.15) is 0 Å². The molecule has 0 fully saturated rings. The second kappa shape index (κ2) is 5.76. The van der Waals surface area contributed by atoms with Crippen LogP contribution in [0.1, 0.15) is 28.2 Å². The lowest BCUT2D eigenvalue weighted by atomic mass is 9.94. The van der Waals surface area contributed by atoms with E-state index in [0.29, 0.717) is 0 Å². The molecule has 0 bridgehead atoms. The van der Waals surface area contributed by atoms with Gasteiger partial charge in [0.05, 0.1) is 6.04 Å². The number of benzene rings is 2. The molecule has 1 aromatic heterocycles. The van der Waals surface area contributed by atoms with Crippen molar-refractivity contribution in [2.24, 2.45) is 0 Å². The SMILES string of the molecule is Clc1ccc2c(c1)[C@H](c1ccccc1)N[C@@H](c1cccs1)N2. The quantitative estimate of drug-likeness (QED) is 0.676. The Labute approximate surface area is 138 Å². The van der Waals surface area contributed by atoms with Crippen molar-refractivity contribution in [3.05, 3.63) is 87.1 Å². The van der Waals surface area contributed by atoms with Gasteiger partial charge in [0.15, 0.2) is 0 Å². The zero-order chi connectivity index (χ0) is 14.9. The fourth-order valence-electron chi connectivity index (χ4n) is 2.89. The Hall–Kier alpha value is -1.81. The molecule has 0 amide bonds. The molecule has 2 heterocycles. The molecular formula is C18H15ClN2S. The average Bonchev–Trinajstić information content (AvgIpc) is 3.09. The molecule has 4 rings (SSSR count). The molecule has 0 aliphatic carbocycles. The molecule has 0 saturated heterocycles. The van der Waals surface area contributed by atoms with Crippen LogP contribution in [0.4, 0.5) is 5.69 Å². The number of thiophene rings is 1. The van der Waals surface area contributed by atoms with Crippen LogP contribution in [0.2, 0.25) is 5.02 Å². The lowest BCUT2D eigenvalue weighted by Gasteiger charge is -2.34. The minimum Gasteiger partial charge on any atom is -0.365 e. The van der Waals surface area contributed by atoms with Crippen molar-refractivity contribution in [3.8, 4) is 0 Å². The van der Waals surface area contributed by atoms with Crippen molar-refractivity contribution in [1.82, 2.24) is 5.32 Å². The van der Waals surface area contributed by atoms with E-state index in [-0.39, 0.29) is 12.2 Å². The van der Waals surface area contributed by atoms with Gasteiger partial charge in [-0.15, -0.1) is 11.3 Å². The maximum atomic E-state index is 6.21. The van der Waals surface area contributed by atoms with E-state index in [4.69, 9.17) is 11.6 Å². The normalized spacial score (nSPS) is 20.2. The Bertz CT molecular complexity index is 771. The number of nitrogens with one attached hydrogen (secondary N) is 2. The van der Waals surface area contributed by atoms with Crippen molar-refractivity contribution in [1.29, 1.82) is 0 Å². The smallest absolute Gasteiger partial charge is 0.113 e. The van der Waals surface area contributed by atoms with Gasteiger partial charge in [0.25, 0.3) is 0 Å². The number of fused-ring (bicyclic) bond motifs is 1. The van der Waals surface area contributed by atoms with E-state index in [1.165, 1.54) is 16.0 Å². The highest BCUT2D eigenvalue weighted by molar-refractivity contribution is 7.10. The van der Waals surface area contributed by atoms with Gasteiger partial charge < -0.3 is 5.32 Å². The predicted octanol–water partition coefficient (Wildman–Crippen LogP) is 5.20. The zero-order valence-corrected chi connectivity index (χ0v) is 13.4. The van der Waals surface area contributed by atoms with Crippen LogP contribution in [-0.2, 0) is 0 Å². The molecule has 3 aromatic rings. The van der Waals surface area contributed by atoms with Crippen molar-refractivity contribution < 1.29 is 0 Å². The Balaban J connectivity index is 1.80. The maximum Gasteiger partial charge on any atom is 0.113 e. The van der Waals surface area contributed by atoms with E-state index in [1.807, 2.05) is 18.2 Å². The van der Waals surface area contributed by atoms with Gasteiger partial charge in [-0.3, -0.25) is 5.32 Å². The van der Waals surface area contributed by atoms with Gasteiger partial charge in [-0.05, 0) is 40.8 Å². The summed E-state index contributed by atoms with van der Waals surface area (Å²) in [7, 11) is 0. The van der Waals surface area contributed by atoms with Crippen LogP contribution in [0.15, 0.2) is 66.0 Å². The third kappa shape index (κ3) is 2.52. The highest BCUT2D eigenvalue weighted by atomic mass is 35.5. The van der Waals surface area contributed by atoms with Gasteiger partial charge >= 0.3 is 0 Å². The number of rotatable bonds is 2. The zero-order valence-electron chi connectivity index (χ0n) is 11.8. The number of anilines is 1. The molecule has 2 nitrogen and oxygen atoms in total. The Morgan fingerprint density at radius 3 is 2.59 bits per heavy atom. The van der Waals surface area contributed by atoms with Crippen LogP contribution in [-0.4, -0.2) is 0 Å². The molecule has 2 atom stereocenters. The first-order chi connectivity index (χ1) is 10.8. The number of hydrogen-bond acceptors (Lipinski definition) is 3. The summed E-state index contributed by atoms with van der Waals surface area (Å²) in [6.07, 6.45) is 0.110. The predicted molar refractivity (Wildman–Crippen MR) is 93.6 cm³/mol. The highest BCUT2D eigenvalue weighted by Gasteiger charge is 2.28. The van der Waals surface area contributed by atoms with Crippen LogP contribution >= 0.6 is 22.9 Å². The van der Waals surface area contributed by atoms with E-state index >= 15 is 0 Å². The number of hydrogen-bond donors (Lipinski definition) is 2. The summed E-state index contributed by atoms with van der Waals surface area (Å²) in [5.41, 5.74) is 3.57. The van der Waals surface area contributed by atoms with Crippen LogP contribution in [0, 0.1) is 0 Å². The lowest BCUT2D eigenvalue weighted by molar-refractivity contribution is 0.512. The average molecular weight is 327 g/mol. The molecule has 4 heteroatoms. The Morgan fingerprint density at radius 1 is 0.955 bits per heavy atom. The third-order valence-corrected chi connectivity index (χ3v) is 5.09. The Kier molecular flexibility index (Phi) is 3.62. The van der Waals surface area contributed by atoms with Gasteiger partial charge in [-0.1, -0.05) is 48.0 Å². The molecule has 1 aliphatic heterocycles. The number of halogens is 1. The maximum absolute atomic E-state index is 6.21. The fourth-order valence-corrected chi connectivity index (χ4v) is 3.80. The fraction of sp³-hybridized carbons (Fsp3) is 0.111. The monoisotopic (exact) mass is 326 g/mol. The van der Waals surface area contributed by atoms with Gasteiger partial charge in [0.1, 0.15) is 6.17 Å². The molecule has 2 aromatic carbocycles. The van der Waals surface area contributed by atoms with Gasteiger partial charge in [0, 0.05) is 15.6 Å². The van der Waals surface area contributed by atoms with E-state index in [9.17, 15) is 0 Å². The van der Waals surface area contributed by atoms with Crippen molar-refractivity contribution in [3.63, 3.8) is 0 Å². The third-order valence-electron chi connectivity index (χ3n) is 3.92. The molecule has 2 N–H and O–H groups in total. The van der Waals surface area contributed by atoms with E-state index in [2.05, 4.69) is 58.5 Å². The summed E-state index contributed by atoms with van der Waals surface area (Å²) in [5, 5.41) is 10.1. The first-order valence-corrected chi connectivity index (χ1v) is 8.47. The minimum atomic E-state index is 0.110. The summed E-state index contributed by atoms with van der Waals surface area (Å²) in [4.78, 5) is 1.28. The highest BCUT2D eigenvalue weighted by Crippen LogP contribution is 2.38. The van der Waals surface area contributed by atoms with Gasteiger partial charge in [0.2, 0.25) is 0 Å². The van der Waals surface area contributed by atoms with E-state index in [0.717, 1.165) is 10.7 Å². The lowest BCUT2D eigenvalue weighted by Crippen LogP contribution is -2.36. The summed E-state index contributed by atoms with van der Waals surface area (Å²) in [6.45, 7) is 0. The van der Waals surface area contributed by atoms with Crippen molar-refractivity contribution in [2.75, 3.05) is 5.32 Å². The summed E-state index contributed by atoms with van der Waals surface area (Å²) in [5.74, 6) is 0. The molecule has 0 saturated carbocycles. The minimum absolute atomic E-state index is 0.110. The van der Waals surface area contributed by atoms with Crippen molar-refractivity contribution in [2.45, 2.75) is 12.2 Å². The Morgan fingerprint density at radius 2 is 1.82 bits per heavy atom. The summed E-state index contributed by atoms with van der Waals surface area (Å²) >= 11 is 7.97. The standard InChI is InChI=1S/C18H15ClN2S/c19-13-8-9-15-14(11-13)17(12-5-2-1-3-6-12)21-18(20-15)16-7-4-10-22-16/h1-11,17-18,20-21H/t17-,18-/m0/s1. The van der Waals surface area contributed by atoms with E-state index in [1.54, 1.807) is 11.3 Å². The first kappa shape index (κ1) is 13.8. The van der Waals surface area contributed by atoms with Crippen molar-refractivity contribution >= 4 is 28.6 Å². The van der Waals surface area contributed by atoms with Crippen LogP contribution in [0.3, 0.4) is 0 Å². The molecule has 22 heavy (non-hydrogen) atoms.